The molecule has 0 saturated carbocycles. The molecule has 0 saturated heterocycles. The number of aryl methyl sites for hydroxylation is 1. The third kappa shape index (κ3) is 4.82. The Balaban J connectivity index is 1.95. The summed E-state index contributed by atoms with van der Waals surface area (Å²) < 4.78 is 0. The lowest BCUT2D eigenvalue weighted by molar-refractivity contribution is 0.490. The van der Waals surface area contributed by atoms with Gasteiger partial charge >= 0.3 is 0 Å². The van der Waals surface area contributed by atoms with E-state index in [1.807, 2.05) is 0 Å². The second kappa shape index (κ2) is 8.55. The van der Waals surface area contributed by atoms with Gasteiger partial charge in [0, 0.05) is 6.04 Å². The van der Waals surface area contributed by atoms with Crippen molar-refractivity contribution in [3.05, 3.63) is 71.8 Å². The Kier molecular flexibility index (Phi) is 6.33. The van der Waals surface area contributed by atoms with Crippen molar-refractivity contribution in [2.24, 2.45) is 0 Å². The van der Waals surface area contributed by atoms with Crippen LogP contribution in [0.5, 0.6) is 0 Å². The van der Waals surface area contributed by atoms with Gasteiger partial charge in [0.1, 0.15) is 0 Å². The first-order valence-corrected chi connectivity index (χ1v) is 7.72. The molecule has 0 aliphatic heterocycles. The van der Waals surface area contributed by atoms with E-state index in [9.17, 15) is 0 Å². The molecular formula is C19H25N. The van der Waals surface area contributed by atoms with Gasteiger partial charge in [-0.3, -0.25) is 0 Å². The topological polar surface area (TPSA) is 12.0 Å². The van der Waals surface area contributed by atoms with E-state index < -0.39 is 0 Å². The molecule has 0 radical (unpaired) electrons. The molecule has 0 aliphatic rings. The summed E-state index contributed by atoms with van der Waals surface area (Å²) >= 11 is 0. The number of unbranched alkanes of at least 4 members (excludes halogenated alkanes) is 1. The van der Waals surface area contributed by atoms with Crippen molar-refractivity contribution in [1.82, 2.24) is 5.32 Å². The van der Waals surface area contributed by atoms with Crippen molar-refractivity contribution in [2.75, 3.05) is 6.54 Å². The SMILES string of the molecule is CCCCN[C@H](CCc1ccccc1)c1ccccc1. The van der Waals surface area contributed by atoms with E-state index in [0.29, 0.717) is 6.04 Å². The van der Waals surface area contributed by atoms with Gasteiger partial charge in [0.2, 0.25) is 0 Å². The van der Waals surface area contributed by atoms with Crippen LogP contribution in [0, 0.1) is 0 Å². The fourth-order valence-electron chi connectivity index (χ4n) is 2.48. The molecule has 1 heteroatoms. The van der Waals surface area contributed by atoms with Crippen LogP contribution >= 0.6 is 0 Å². The van der Waals surface area contributed by atoms with Gasteiger partial charge in [-0.1, -0.05) is 74.0 Å². The maximum Gasteiger partial charge on any atom is 0.0323 e. The molecule has 0 spiro atoms. The Morgan fingerprint density at radius 2 is 1.55 bits per heavy atom. The fourth-order valence-corrected chi connectivity index (χ4v) is 2.48. The molecule has 0 unspecified atom stereocenters. The average molecular weight is 267 g/mol. The lowest BCUT2D eigenvalue weighted by atomic mass is 9.99. The zero-order valence-corrected chi connectivity index (χ0v) is 12.4. The molecule has 1 N–H and O–H groups in total. The first-order valence-electron chi connectivity index (χ1n) is 7.72. The van der Waals surface area contributed by atoms with Crippen LogP contribution in [0.1, 0.15) is 43.4 Å². The van der Waals surface area contributed by atoms with E-state index >= 15 is 0 Å². The maximum absolute atomic E-state index is 3.71. The van der Waals surface area contributed by atoms with Gasteiger partial charge in [0.05, 0.1) is 0 Å². The molecule has 0 aromatic heterocycles. The number of hydrogen-bond donors (Lipinski definition) is 1. The smallest absolute Gasteiger partial charge is 0.0323 e. The van der Waals surface area contributed by atoms with Crippen molar-refractivity contribution in [1.29, 1.82) is 0 Å². The maximum atomic E-state index is 3.71. The summed E-state index contributed by atoms with van der Waals surface area (Å²) in [6.07, 6.45) is 4.76. The minimum absolute atomic E-state index is 0.461. The van der Waals surface area contributed by atoms with Gasteiger partial charge in [-0.05, 0) is 36.9 Å². The zero-order chi connectivity index (χ0) is 14.0. The minimum Gasteiger partial charge on any atom is -0.310 e. The Morgan fingerprint density at radius 3 is 2.20 bits per heavy atom. The number of hydrogen-bond acceptors (Lipinski definition) is 1. The molecule has 0 amide bonds. The van der Waals surface area contributed by atoms with Gasteiger partial charge in [0.15, 0.2) is 0 Å². The molecule has 2 aromatic rings. The van der Waals surface area contributed by atoms with E-state index in [-0.39, 0.29) is 0 Å². The summed E-state index contributed by atoms with van der Waals surface area (Å²) in [5.41, 5.74) is 2.82. The number of nitrogens with one attached hydrogen (secondary N) is 1. The zero-order valence-electron chi connectivity index (χ0n) is 12.4. The highest BCUT2D eigenvalue weighted by Crippen LogP contribution is 2.19. The van der Waals surface area contributed by atoms with E-state index in [0.717, 1.165) is 19.4 Å². The number of rotatable bonds is 8. The van der Waals surface area contributed by atoms with E-state index in [1.165, 1.54) is 24.0 Å². The highest BCUT2D eigenvalue weighted by Gasteiger charge is 2.10. The van der Waals surface area contributed by atoms with Crippen molar-refractivity contribution in [3.8, 4) is 0 Å². The fraction of sp³-hybridized carbons (Fsp3) is 0.368. The van der Waals surface area contributed by atoms with Crippen molar-refractivity contribution in [3.63, 3.8) is 0 Å². The lowest BCUT2D eigenvalue weighted by Crippen LogP contribution is -2.23. The molecule has 0 fully saturated rings. The second-order valence-electron chi connectivity index (χ2n) is 5.30. The summed E-state index contributed by atoms with van der Waals surface area (Å²) in [7, 11) is 0. The summed E-state index contributed by atoms with van der Waals surface area (Å²) in [5.74, 6) is 0. The third-order valence-electron chi connectivity index (χ3n) is 3.69. The van der Waals surface area contributed by atoms with Crippen LogP contribution < -0.4 is 5.32 Å². The van der Waals surface area contributed by atoms with Crippen LogP contribution in [0.3, 0.4) is 0 Å². The van der Waals surface area contributed by atoms with E-state index in [4.69, 9.17) is 0 Å². The summed E-state index contributed by atoms with van der Waals surface area (Å²) in [5, 5.41) is 3.71. The Bertz CT molecular complexity index is 464. The van der Waals surface area contributed by atoms with Crippen LogP contribution in [0.25, 0.3) is 0 Å². The van der Waals surface area contributed by atoms with Crippen molar-refractivity contribution in [2.45, 2.75) is 38.6 Å². The normalized spacial score (nSPS) is 12.2. The second-order valence-corrected chi connectivity index (χ2v) is 5.30. The molecule has 0 heterocycles. The highest BCUT2D eigenvalue weighted by atomic mass is 14.9. The summed E-state index contributed by atoms with van der Waals surface area (Å²) in [6, 6.07) is 22.0. The third-order valence-corrected chi connectivity index (χ3v) is 3.69. The molecule has 106 valence electrons. The summed E-state index contributed by atoms with van der Waals surface area (Å²) in [4.78, 5) is 0. The monoisotopic (exact) mass is 267 g/mol. The van der Waals surface area contributed by atoms with Crippen LogP contribution in [0.4, 0.5) is 0 Å². The Morgan fingerprint density at radius 1 is 0.900 bits per heavy atom. The van der Waals surface area contributed by atoms with Crippen molar-refractivity contribution >= 4 is 0 Å². The van der Waals surface area contributed by atoms with Gasteiger partial charge < -0.3 is 5.32 Å². The van der Waals surface area contributed by atoms with Crippen LogP contribution in [-0.4, -0.2) is 6.54 Å². The Labute approximate surface area is 123 Å². The van der Waals surface area contributed by atoms with Gasteiger partial charge in [0.25, 0.3) is 0 Å². The molecule has 0 aliphatic carbocycles. The van der Waals surface area contributed by atoms with Crippen molar-refractivity contribution < 1.29 is 0 Å². The Hall–Kier alpha value is -1.60. The van der Waals surface area contributed by atoms with Gasteiger partial charge in [-0.2, -0.15) is 0 Å². The highest BCUT2D eigenvalue weighted by molar-refractivity contribution is 5.20. The molecule has 20 heavy (non-hydrogen) atoms. The number of benzene rings is 2. The predicted octanol–water partition coefficient (Wildman–Crippen LogP) is 4.75. The predicted molar refractivity (Wildman–Crippen MR) is 86.9 cm³/mol. The van der Waals surface area contributed by atoms with Gasteiger partial charge in [-0.25, -0.2) is 0 Å². The first-order chi connectivity index (χ1) is 9.90. The van der Waals surface area contributed by atoms with Crippen LogP contribution in [-0.2, 0) is 6.42 Å². The molecule has 0 bridgehead atoms. The quantitative estimate of drug-likeness (QED) is 0.681. The molecular weight excluding hydrogens is 242 g/mol. The standard InChI is InChI=1S/C19H25N/c1-2-3-16-20-19(18-12-8-5-9-13-18)15-14-17-10-6-4-7-11-17/h4-13,19-20H,2-3,14-16H2,1H3/t19-/m1/s1. The van der Waals surface area contributed by atoms with Crippen LogP contribution in [0.15, 0.2) is 60.7 Å². The van der Waals surface area contributed by atoms with Gasteiger partial charge in [-0.15, -0.1) is 0 Å². The minimum atomic E-state index is 0.461. The van der Waals surface area contributed by atoms with E-state index in [1.54, 1.807) is 0 Å². The molecule has 1 nitrogen and oxygen atoms in total. The largest absolute Gasteiger partial charge is 0.310 e. The molecule has 1 atom stereocenters. The lowest BCUT2D eigenvalue weighted by Gasteiger charge is -2.19. The average Bonchev–Trinajstić information content (AvgIpc) is 2.52. The first kappa shape index (κ1) is 14.8. The molecule has 2 aromatic carbocycles. The van der Waals surface area contributed by atoms with Crippen LogP contribution in [0.2, 0.25) is 0 Å². The molecule has 2 rings (SSSR count). The van der Waals surface area contributed by atoms with E-state index in [2.05, 4.69) is 72.9 Å². The summed E-state index contributed by atoms with van der Waals surface area (Å²) in [6.45, 7) is 3.34.